The van der Waals surface area contributed by atoms with Crippen molar-refractivity contribution in [2.45, 2.75) is 0 Å². The van der Waals surface area contributed by atoms with Crippen LogP contribution in [0.15, 0.2) is 12.1 Å². The number of fused-ring (bicyclic) bond motifs is 4. The van der Waals surface area contributed by atoms with E-state index in [4.69, 9.17) is 0 Å². The number of benzene rings is 7. The van der Waals surface area contributed by atoms with Gasteiger partial charge >= 0.3 is 0 Å². The maximum absolute atomic E-state index is 2.55. The first-order valence-corrected chi connectivity index (χ1v) is 20.2. The first-order chi connectivity index (χ1) is 25.2. The maximum Gasteiger partial charge on any atom is 0.140 e. The van der Waals surface area contributed by atoms with Crippen molar-refractivity contribution in [2.24, 2.45) is 0 Å². The standard InChI is InChI=1S/C34H42B20/c35-5-1-3-7(8-4-2-6(36)18(38)22(42)10(4)23(43)30(50)21(8)41)12-13(25(45)32(52)31(51)24(12)44)11(9(3)20(40)17(5)37)14-19(39)15-16(27(47)26(14)46)29(49)34(54)33(53)28(15)48/h1-2H,35-54H2. The summed E-state index contributed by atoms with van der Waals surface area (Å²) in [5.41, 5.74) is 33.8. The Morgan fingerprint density at radius 1 is 0.185 bits per heavy atom. The Balaban J connectivity index is 1.91. The van der Waals surface area contributed by atoms with Crippen LogP contribution in [-0.4, -0.2) is 157 Å². The Kier molecular flexibility index (Phi) is 9.59. The highest BCUT2D eigenvalue weighted by Gasteiger charge is 2.29. The molecule has 0 spiro atoms. The molecule has 238 valence electrons. The molecule has 0 radical (unpaired) electrons. The summed E-state index contributed by atoms with van der Waals surface area (Å²) in [6, 6.07) is 5.06. The van der Waals surface area contributed by atoms with Gasteiger partial charge in [-0.05, 0) is 65.3 Å². The van der Waals surface area contributed by atoms with E-state index in [1.54, 1.807) is 0 Å². The van der Waals surface area contributed by atoms with E-state index in [0.717, 1.165) is 0 Å². The second kappa shape index (κ2) is 13.2. The minimum Gasteiger partial charge on any atom is -0.101 e. The molecule has 0 saturated heterocycles. The first kappa shape index (κ1) is 39.1. The van der Waals surface area contributed by atoms with Crippen molar-refractivity contribution in [2.75, 3.05) is 0 Å². The highest BCUT2D eigenvalue weighted by Crippen LogP contribution is 2.41. The summed E-state index contributed by atoms with van der Waals surface area (Å²) in [6.45, 7) is 0. The van der Waals surface area contributed by atoms with Gasteiger partial charge in [0.2, 0.25) is 0 Å². The molecule has 20 heteroatoms. The van der Waals surface area contributed by atoms with Crippen molar-refractivity contribution < 1.29 is 0 Å². The van der Waals surface area contributed by atoms with Crippen molar-refractivity contribution >= 4 is 309 Å². The summed E-state index contributed by atoms with van der Waals surface area (Å²) in [6.07, 6.45) is 0. The third-order valence-electron chi connectivity index (χ3n) is 15.4. The van der Waals surface area contributed by atoms with Gasteiger partial charge in [0.05, 0.1) is 0 Å². The molecule has 7 aromatic carbocycles. The van der Waals surface area contributed by atoms with Crippen LogP contribution in [-0.2, 0) is 0 Å². The molecule has 0 bridgehead atoms. The fraction of sp³-hybridized carbons (Fsp3) is 0. The van der Waals surface area contributed by atoms with E-state index in [-0.39, 0.29) is 0 Å². The van der Waals surface area contributed by atoms with Gasteiger partial charge in [0.25, 0.3) is 0 Å². The third kappa shape index (κ3) is 5.06. The van der Waals surface area contributed by atoms with Crippen molar-refractivity contribution in [3.63, 3.8) is 0 Å². The number of hydrogen-bond acceptors (Lipinski definition) is 0. The summed E-state index contributed by atoms with van der Waals surface area (Å²) in [7, 11) is 47.2. The second-order valence-electron chi connectivity index (χ2n) is 17.5. The highest BCUT2D eigenvalue weighted by atomic mass is 14.3. The van der Waals surface area contributed by atoms with Crippen LogP contribution >= 0.6 is 0 Å². The normalized spacial score (nSPS) is 11.7. The summed E-state index contributed by atoms with van der Waals surface area (Å²) in [4.78, 5) is 0. The largest absolute Gasteiger partial charge is 0.140 e. The monoisotopic (exact) mass is 671 g/mol. The highest BCUT2D eigenvalue weighted by molar-refractivity contribution is 6.75. The van der Waals surface area contributed by atoms with E-state index in [2.05, 4.69) is 169 Å². The van der Waals surface area contributed by atoms with Crippen LogP contribution in [0, 0.1) is 0 Å². The topological polar surface area (TPSA) is 0 Å². The third-order valence-corrected chi connectivity index (χ3v) is 15.4. The minimum absolute atomic E-state index is 1.36. The molecule has 0 fully saturated rings. The molecular weight excluding hydrogens is 625 g/mol. The molecule has 0 aliphatic heterocycles. The summed E-state index contributed by atoms with van der Waals surface area (Å²) in [5.74, 6) is 0. The van der Waals surface area contributed by atoms with Crippen LogP contribution in [0.4, 0.5) is 0 Å². The van der Waals surface area contributed by atoms with E-state index >= 15 is 0 Å². The molecular formula is C34H42B20. The summed E-state index contributed by atoms with van der Waals surface area (Å²) >= 11 is 0. The van der Waals surface area contributed by atoms with Crippen LogP contribution in [0.3, 0.4) is 0 Å². The van der Waals surface area contributed by atoms with E-state index < -0.39 is 0 Å². The lowest BCUT2D eigenvalue weighted by molar-refractivity contribution is 1.84. The fourth-order valence-electron chi connectivity index (χ4n) is 10.7. The van der Waals surface area contributed by atoms with Crippen LogP contribution in [0.1, 0.15) is 0 Å². The van der Waals surface area contributed by atoms with Crippen molar-refractivity contribution in [3.05, 3.63) is 12.1 Å². The van der Waals surface area contributed by atoms with Gasteiger partial charge in [0.15, 0.2) is 0 Å². The van der Waals surface area contributed by atoms with Gasteiger partial charge in [-0.1, -0.05) is 83.1 Å². The lowest BCUT2D eigenvalue weighted by Crippen LogP contribution is -2.52. The zero-order valence-electron chi connectivity index (χ0n) is 37.2. The molecule has 0 saturated carbocycles. The summed E-state index contributed by atoms with van der Waals surface area (Å²) in [5, 5.41) is 11.4. The molecule has 0 atom stereocenters. The van der Waals surface area contributed by atoms with Gasteiger partial charge in [-0.2, -0.15) is 0 Å². The molecule has 0 nitrogen and oxygen atoms in total. The predicted octanol–water partition coefficient (Wildman–Crippen LogP) is -25.2. The van der Waals surface area contributed by atoms with Gasteiger partial charge in [-0.3, -0.25) is 0 Å². The minimum atomic E-state index is 1.36. The van der Waals surface area contributed by atoms with Gasteiger partial charge in [-0.25, -0.2) is 0 Å². The maximum atomic E-state index is 2.55. The number of rotatable bonds is 2. The van der Waals surface area contributed by atoms with Crippen LogP contribution in [0.25, 0.3) is 65.3 Å². The quantitative estimate of drug-likeness (QED) is 0.127. The molecule has 0 amide bonds. The first-order valence-electron chi connectivity index (χ1n) is 20.2. The van der Waals surface area contributed by atoms with Crippen LogP contribution in [0.2, 0.25) is 0 Å². The second-order valence-corrected chi connectivity index (χ2v) is 17.5. The Morgan fingerprint density at radius 3 is 0.963 bits per heavy atom. The van der Waals surface area contributed by atoms with E-state index in [9.17, 15) is 0 Å². The van der Waals surface area contributed by atoms with Gasteiger partial charge in [0.1, 0.15) is 157 Å². The van der Waals surface area contributed by atoms with E-state index in [1.165, 1.54) is 175 Å². The van der Waals surface area contributed by atoms with Gasteiger partial charge < -0.3 is 0 Å². The molecule has 54 heavy (non-hydrogen) atoms. The average molecular weight is 667 g/mol. The Hall–Kier alpha value is -3.12. The predicted molar refractivity (Wildman–Crippen MR) is 311 cm³/mol. The molecule has 0 aliphatic rings. The fourth-order valence-corrected chi connectivity index (χ4v) is 10.7. The lowest BCUT2D eigenvalue weighted by Gasteiger charge is -2.31. The van der Waals surface area contributed by atoms with Gasteiger partial charge in [0, 0.05) is 0 Å². The van der Waals surface area contributed by atoms with Gasteiger partial charge in [-0.15, -0.1) is 38.2 Å². The van der Waals surface area contributed by atoms with E-state index in [0.29, 0.717) is 0 Å². The van der Waals surface area contributed by atoms with Crippen LogP contribution in [0.5, 0.6) is 0 Å². The molecule has 7 aromatic rings. The van der Waals surface area contributed by atoms with E-state index in [1.807, 2.05) is 0 Å². The zero-order chi connectivity index (χ0) is 39.9. The smallest absolute Gasteiger partial charge is 0.101 e. The Bertz CT molecular complexity index is 2920. The molecule has 0 aromatic heterocycles. The van der Waals surface area contributed by atoms with Crippen molar-refractivity contribution in [3.8, 4) is 22.3 Å². The molecule has 0 aliphatic carbocycles. The van der Waals surface area contributed by atoms with Crippen LogP contribution < -0.4 is 109 Å². The number of hydrogen-bond donors (Lipinski definition) is 0. The SMILES string of the molecule is Bc1cc2c(-c3c4cc(B)c(B)c(B)c4c(-c4c(B)c(B)c5c(B)c(B)c(B)c(B)c5c4B)c4c(B)c(B)c(B)c(B)c34)c(B)c(B)c(B)c2c(B)c1B. The van der Waals surface area contributed by atoms with Crippen molar-refractivity contribution in [1.82, 2.24) is 0 Å². The average Bonchev–Trinajstić information content (AvgIpc) is 3.13. The molecule has 0 unspecified atom stereocenters. The van der Waals surface area contributed by atoms with Crippen molar-refractivity contribution in [1.29, 1.82) is 0 Å². The Morgan fingerprint density at radius 2 is 0.481 bits per heavy atom. The Labute approximate surface area is 341 Å². The summed E-state index contributed by atoms with van der Waals surface area (Å²) < 4.78 is 0. The molecule has 7 rings (SSSR count). The lowest BCUT2D eigenvalue weighted by atomic mass is 9.57. The molecule has 0 N–H and O–H groups in total. The molecule has 0 heterocycles. The zero-order valence-corrected chi connectivity index (χ0v) is 37.2.